The van der Waals surface area contributed by atoms with Gasteiger partial charge in [-0.15, -0.1) is 0 Å². The first kappa shape index (κ1) is 18.1. The molecule has 0 radical (unpaired) electrons. The van der Waals surface area contributed by atoms with Crippen LogP contribution in [0.15, 0.2) is 24.3 Å². The van der Waals surface area contributed by atoms with E-state index in [9.17, 15) is 5.11 Å². The smallest absolute Gasteiger partial charge is 0.0916 e. The Balaban J connectivity index is 2.59. The molecule has 0 spiro atoms. The Bertz CT molecular complexity index is 370. The lowest BCUT2D eigenvalue weighted by atomic mass is 10.00. The van der Waals surface area contributed by atoms with Crippen molar-refractivity contribution in [3.8, 4) is 0 Å². The molecule has 1 unspecified atom stereocenters. The van der Waals surface area contributed by atoms with Crippen LogP contribution in [0.2, 0.25) is 0 Å². The standard InChI is InChI=1S/C17H29NO3/c1-14(2)15-5-7-16(8-6-15)17(19)13-18(9-11-20-3)10-12-21-4/h5-8,14,17,19H,9-13H2,1-4H3. The summed E-state index contributed by atoms with van der Waals surface area (Å²) in [6.07, 6.45) is -0.486. The SMILES string of the molecule is COCCN(CCOC)CC(O)c1ccc(C(C)C)cc1. The molecule has 0 bridgehead atoms. The number of methoxy groups -OCH3 is 2. The van der Waals surface area contributed by atoms with Crippen LogP contribution in [0.5, 0.6) is 0 Å². The summed E-state index contributed by atoms with van der Waals surface area (Å²) < 4.78 is 10.2. The molecule has 0 saturated heterocycles. The van der Waals surface area contributed by atoms with Gasteiger partial charge in [0, 0.05) is 33.9 Å². The first-order valence-electron chi connectivity index (χ1n) is 7.56. The van der Waals surface area contributed by atoms with Gasteiger partial charge in [0.1, 0.15) is 0 Å². The van der Waals surface area contributed by atoms with Crippen LogP contribution in [0.25, 0.3) is 0 Å². The zero-order valence-corrected chi connectivity index (χ0v) is 13.7. The quantitative estimate of drug-likeness (QED) is 0.720. The molecule has 1 aromatic rings. The van der Waals surface area contributed by atoms with Gasteiger partial charge < -0.3 is 14.6 Å². The predicted molar refractivity (Wildman–Crippen MR) is 85.7 cm³/mol. The van der Waals surface area contributed by atoms with Gasteiger partial charge in [-0.25, -0.2) is 0 Å². The molecule has 4 heteroatoms. The molecule has 1 aromatic carbocycles. The topological polar surface area (TPSA) is 41.9 Å². The average molecular weight is 295 g/mol. The van der Waals surface area contributed by atoms with Crippen molar-refractivity contribution in [2.45, 2.75) is 25.9 Å². The fourth-order valence-electron chi connectivity index (χ4n) is 2.19. The number of nitrogens with zero attached hydrogens (tertiary/aromatic N) is 1. The van der Waals surface area contributed by atoms with Gasteiger partial charge >= 0.3 is 0 Å². The largest absolute Gasteiger partial charge is 0.387 e. The number of aliphatic hydroxyl groups excluding tert-OH is 1. The zero-order valence-electron chi connectivity index (χ0n) is 13.7. The second-order valence-corrected chi connectivity index (χ2v) is 5.62. The van der Waals surface area contributed by atoms with Crippen LogP contribution >= 0.6 is 0 Å². The van der Waals surface area contributed by atoms with Crippen LogP contribution in [0.1, 0.15) is 37.0 Å². The third-order valence-electron chi connectivity index (χ3n) is 3.64. The summed E-state index contributed by atoms with van der Waals surface area (Å²) in [5, 5.41) is 10.4. The van der Waals surface area contributed by atoms with Gasteiger partial charge in [0.05, 0.1) is 19.3 Å². The van der Waals surface area contributed by atoms with Crippen LogP contribution in [0.3, 0.4) is 0 Å². The van der Waals surface area contributed by atoms with Crippen molar-refractivity contribution in [2.75, 3.05) is 47.1 Å². The van der Waals surface area contributed by atoms with Crippen molar-refractivity contribution in [3.05, 3.63) is 35.4 Å². The van der Waals surface area contributed by atoms with E-state index in [2.05, 4.69) is 30.9 Å². The van der Waals surface area contributed by atoms with E-state index in [4.69, 9.17) is 9.47 Å². The summed E-state index contributed by atoms with van der Waals surface area (Å²) in [5.41, 5.74) is 2.25. The lowest BCUT2D eigenvalue weighted by Crippen LogP contribution is -2.34. The summed E-state index contributed by atoms with van der Waals surface area (Å²) >= 11 is 0. The van der Waals surface area contributed by atoms with Crippen molar-refractivity contribution in [3.63, 3.8) is 0 Å². The van der Waals surface area contributed by atoms with E-state index in [1.54, 1.807) is 14.2 Å². The Morgan fingerprint density at radius 1 is 0.952 bits per heavy atom. The molecule has 0 aliphatic heterocycles. The van der Waals surface area contributed by atoms with Crippen LogP contribution in [0.4, 0.5) is 0 Å². The number of hydrogen-bond acceptors (Lipinski definition) is 4. The van der Waals surface area contributed by atoms with Crippen molar-refractivity contribution < 1.29 is 14.6 Å². The monoisotopic (exact) mass is 295 g/mol. The number of ether oxygens (including phenoxy) is 2. The lowest BCUT2D eigenvalue weighted by Gasteiger charge is -2.24. The van der Waals surface area contributed by atoms with Gasteiger partial charge in [0.2, 0.25) is 0 Å². The second kappa shape index (κ2) is 9.90. The normalized spacial score (nSPS) is 13.1. The molecule has 4 nitrogen and oxygen atoms in total. The Morgan fingerprint density at radius 2 is 1.43 bits per heavy atom. The van der Waals surface area contributed by atoms with E-state index < -0.39 is 6.10 Å². The van der Waals surface area contributed by atoms with Crippen LogP contribution in [0, 0.1) is 0 Å². The highest BCUT2D eigenvalue weighted by Crippen LogP contribution is 2.19. The molecule has 1 atom stereocenters. The maximum absolute atomic E-state index is 10.4. The molecule has 1 N–H and O–H groups in total. The highest BCUT2D eigenvalue weighted by atomic mass is 16.5. The molecule has 0 fully saturated rings. The highest BCUT2D eigenvalue weighted by Gasteiger charge is 2.13. The molecule has 0 aliphatic rings. The average Bonchev–Trinajstić information content (AvgIpc) is 2.49. The van der Waals surface area contributed by atoms with Crippen molar-refractivity contribution >= 4 is 0 Å². The lowest BCUT2D eigenvalue weighted by molar-refractivity contribution is 0.0697. The fraction of sp³-hybridized carbons (Fsp3) is 0.647. The van der Waals surface area contributed by atoms with Crippen LogP contribution in [-0.2, 0) is 9.47 Å². The second-order valence-electron chi connectivity index (χ2n) is 5.62. The maximum atomic E-state index is 10.4. The number of hydrogen-bond donors (Lipinski definition) is 1. The third kappa shape index (κ3) is 6.57. The predicted octanol–water partition coefficient (Wildman–Crippen LogP) is 2.44. The van der Waals surface area contributed by atoms with Gasteiger partial charge in [0.25, 0.3) is 0 Å². The first-order valence-corrected chi connectivity index (χ1v) is 7.56. The Kier molecular flexibility index (Phi) is 8.54. The van der Waals surface area contributed by atoms with Crippen molar-refractivity contribution in [1.29, 1.82) is 0 Å². The molecule has 120 valence electrons. The van der Waals surface area contributed by atoms with E-state index in [0.717, 1.165) is 18.7 Å². The third-order valence-corrected chi connectivity index (χ3v) is 3.64. The van der Waals surface area contributed by atoms with Gasteiger partial charge in [-0.05, 0) is 17.0 Å². The molecular formula is C17H29NO3. The maximum Gasteiger partial charge on any atom is 0.0916 e. The Morgan fingerprint density at radius 3 is 1.86 bits per heavy atom. The van der Waals surface area contributed by atoms with E-state index in [-0.39, 0.29) is 0 Å². The molecule has 21 heavy (non-hydrogen) atoms. The minimum Gasteiger partial charge on any atom is -0.387 e. The van der Waals surface area contributed by atoms with Crippen LogP contribution in [-0.4, -0.2) is 57.1 Å². The van der Waals surface area contributed by atoms with E-state index in [0.29, 0.717) is 25.7 Å². The zero-order chi connectivity index (χ0) is 15.7. The Hall–Kier alpha value is -0.940. The molecule has 0 heterocycles. The van der Waals surface area contributed by atoms with Crippen molar-refractivity contribution in [2.24, 2.45) is 0 Å². The van der Waals surface area contributed by atoms with Crippen LogP contribution < -0.4 is 0 Å². The summed E-state index contributed by atoms with van der Waals surface area (Å²) in [5.74, 6) is 0.510. The summed E-state index contributed by atoms with van der Waals surface area (Å²) in [7, 11) is 3.38. The summed E-state index contributed by atoms with van der Waals surface area (Å²) in [6, 6.07) is 8.23. The minimum absolute atomic E-state index is 0.486. The summed E-state index contributed by atoms with van der Waals surface area (Å²) in [4.78, 5) is 2.16. The number of benzene rings is 1. The first-order chi connectivity index (χ1) is 10.1. The van der Waals surface area contributed by atoms with Gasteiger partial charge in [-0.3, -0.25) is 4.90 Å². The molecule has 0 saturated carbocycles. The number of rotatable bonds is 10. The molecule has 0 amide bonds. The molecule has 0 aromatic heterocycles. The van der Waals surface area contributed by atoms with Gasteiger partial charge in [-0.2, -0.15) is 0 Å². The molecular weight excluding hydrogens is 266 g/mol. The summed E-state index contributed by atoms with van der Waals surface area (Å²) in [6.45, 7) is 7.83. The fourth-order valence-corrected chi connectivity index (χ4v) is 2.19. The van der Waals surface area contributed by atoms with Crippen molar-refractivity contribution in [1.82, 2.24) is 4.90 Å². The van der Waals surface area contributed by atoms with E-state index in [1.165, 1.54) is 5.56 Å². The van der Waals surface area contributed by atoms with Gasteiger partial charge in [0.15, 0.2) is 0 Å². The van der Waals surface area contributed by atoms with E-state index in [1.807, 2.05) is 12.1 Å². The number of aliphatic hydroxyl groups is 1. The molecule has 0 aliphatic carbocycles. The highest BCUT2D eigenvalue weighted by molar-refractivity contribution is 5.26. The minimum atomic E-state index is -0.486. The Labute approximate surface area is 128 Å². The van der Waals surface area contributed by atoms with E-state index >= 15 is 0 Å². The van der Waals surface area contributed by atoms with Gasteiger partial charge in [-0.1, -0.05) is 38.1 Å². The molecule has 1 rings (SSSR count).